The first-order valence-electron chi connectivity index (χ1n) is 9.71. The molecule has 5 rings (SSSR count). The summed E-state index contributed by atoms with van der Waals surface area (Å²) in [4.78, 5) is 37.6. The summed E-state index contributed by atoms with van der Waals surface area (Å²) in [5.74, 6) is 0.476. The molecule has 2 aliphatic heterocycles. The number of imidazole rings is 1. The topological polar surface area (TPSA) is 87.1 Å². The zero-order chi connectivity index (χ0) is 18.6. The van der Waals surface area contributed by atoms with Gasteiger partial charge >= 0.3 is 0 Å². The zero-order valence-corrected chi connectivity index (χ0v) is 15.5. The van der Waals surface area contributed by atoms with Gasteiger partial charge in [0.15, 0.2) is 0 Å². The predicted octanol–water partition coefficient (Wildman–Crippen LogP) is 1.07. The van der Waals surface area contributed by atoms with Gasteiger partial charge in [-0.05, 0) is 25.7 Å². The van der Waals surface area contributed by atoms with Crippen molar-refractivity contribution in [2.24, 2.45) is 13.0 Å². The Labute approximate surface area is 157 Å². The third-order valence-electron chi connectivity index (χ3n) is 6.28. The van der Waals surface area contributed by atoms with Crippen molar-refractivity contribution in [1.29, 1.82) is 0 Å². The minimum absolute atomic E-state index is 0.0103. The Kier molecular flexibility index (Phi) is 3.63. The lowest BCUT2D eigenvalue weighted by Crippen LogP contribution is -2.59. The number of likely N-dealkylation sites (tertiary alicyclic amines) is 1. The molecule has 4 heterocycles. The number of nitrogens with zero attached hydrogens (tertiary/aromatic N) is 5. The van der Waals surface area contributed by atoms with E-state index in [9.17, 15) is 9.59 Å². The molecule has 8 nitrogen and oxygen atoms in total. The fraction of sp³-hybridized carbons (Fsp3) is 0.579. The monoisotopic (exact) mass is 368 g/mol. The average molecular weight is 368 g/mol. The highest BCUT2D eigenvalue weighted by molar-refractivity contribution is 5.93. The second kappa shape index (κ2) is 5.94. The second-order valence-corrected chi connectivity index (χ2v) is 7.97. The standard InChI is InChI=1S/C19H24N6O2/c1-23-11-14(10-22-23)17(26)24-8-5-19(6-9-24)16-15(20-12-21-16)4-7-25(19)18(27)13-2-3-13/h10-13H,2-9H2,1H3,(H,20,21). The summed E-state index contributed by atoms with van der Waals surface area (Å²) in [6.45, 7) is 1.98. The van der Waals surface area contributed by atoms with Gasteiger partial charge in [0.2, 0.25) is 5.91 Å². The Morgan fingerprint density at radius 3 is 2.67 bits per heavy atom. The van der Waals surface area contributed by atoms with Gasteiger partial charge in [-0.1, -0.05) is 0 Å². The summed E-state index contributed by atoms with van der Waals surface area (Å²) < 4.78 is 1.64. The number of piperidine rings is 1. The largest absolute Gasteiger partial charge is 0.348 e. The maximum absolute atomic E-state index is 13.0. The van der Waals surface area contributed by atoms with Crippen molar-refractivity contribution >= 4 is 11.8 Å². The lowest BCUT2D eigenvalue weighted by Gasteiger charge is -2.50. The van der Waals surface area contributed by atoms with Crippen molar-refractivity contribution < 1.29 is 9.59 Å². The van der Waals surface area contributed by atoms with Gasteiger partial charge < -0.3 is 14.8 Å². The van der Waals surface area contributed by atoms with E-state index in [4.69, 9.17) is 0 Å². The van der Waals surface area contributed by atoms with Crippen LogP contribution in [0.1, 0.15) is 47.4 Å². The van der Waals surface area contributed by atoms with Gasteiger partial charge in [0.25, 0.3) is 5.91 Å². The van der Waals surface area contributed by atoms with Crippen molar-refractivity contribution in [3.8, 4) is 0 Å². The highest BCUT2D eigenvalue weighted by atomic mass is 16.2. The van der Waals surface area contributed by atoms with Gasteiger partial charge in [-0.2, -0.15) is 5.10 Å². The van der Waals surface area contributed by atoms with Crippen molar-refractivity contribution in [3.05, 3.63) is 35.7 Å². The van der Waals surface area contributed by atoms with Gasteiger partial charge in [-0.15, -0.1) is 0 Å². The van der Waals surface area contributed by atoms with Crippen molar-refractivity contribution in [3.63, 3.8) is 0 Å². The summed E-state index contributed by atoms with van der Waals surface area (Å²) >= 11 is 0. The first-order chi connectivity index (χ1) is 13.1. The van der Waals surface area contributed by atoms with E-state index < -0.39 is 0 Å². The fourth-order valence-corrected chi connectivity index (χ4v) is 4.65. The average Bonchev–Trinajstić information content (AvgIpc) is 3.25. The van der Waals surface area contributed by atoms with Crippen molar-refractivity contribution in [1.82, 2.24) is 29.5 Å². The third-order valence-corrected chi connectivity index (χ3v) is 6.28. The SMILES string of the molecule is Cn1cc(C(=O)N2CCC3(CC2)c2nc[nH]c2CCN3C(=O)C2CC2)cn1. The number of H-pyrrole nitrogens is 1. The molecule has 0 unspecified atom stereocenters. The summed E-state index contributed by atoms with van der Waals surface area (Å²) in [6.07, 6.45) is 9.40. The molecule has 1 saturated heterocycles. The number of fused-ring (bicyclic) bond motifs is 2. The smallest absolute Gasteiger partial charge is 0.257 e. The molecule has 27 heavy (non-hydrogen) atoms. The van der Waals surface area contributed by atoms with Crippen LogP contribution in [0.5, 0.6) is 0 Å². The van der Waals surface area contributed by atoms with Crippen LogP contribution in [0.3, 0.4) is 0 Å². The van der Waals surface area contributed by atoms with Crippen molar-refractivity contribution in [2.45, 2.75) is 37.6 Å². The molecular formula is C19H24N6O2. The summed E-state index contributed by atoms with van der Waals surface area (Å²) in [5.41, 5.74) is 2.39. The van der Waals surface area contributed by atoms with Crippen LogP contribution in [0.25, 0.3) is 0 Å². The number of hydrogen-bond acceptors (Lipinski definition) is 4. The highest BCUT2D eigenvalue weighted by Gasteiger charge is 2.51. The molecule has 2 aromatic heterocycles. The number of amides is 2. The van der Waals surface area contributed by atoms with Crippen LogP contribution in [-0.2, 0) is 23.8 Å². The van der Waals surface area contributed by atoms with E-state index in [2.05, 4.69) is 20.0 Å². The van der Waals surface area contributed by atoms with Gasteiger partial charge in [0, 0.05) is 50.9 Å². The Morgan fingerprint density at radius 1 is 1.22 bits per heavy atom. The molecule has 0 aromatic carbocycles. The molecule has 2 amide bonds. The van der Waals surface area contributed by atoms with Crippen LogP contribution in [-0.4, -0.2) is 61.0 Å². The number of carbonyl (C=O) groups is 2. The second-order valence-electron chi connectivity index (χ2n) is 7.97. The third kappa shape index (κ3) is 2.57. The first kappa shape index (κ1) is 16.5. The van der Waals surface area contributed by atoms with Gasteiger partial charge in [-0.25, -0.2) is 4.98 Å². The molecule has 1 aliphatic carbocycles. The van der Waals surface area contributed by atoms with Gasteiger partial charge in [0.05, 0.1) is 29.3 Å². The number of aromatic amines is 1. The summed E-state index contributed by atoms with van der Waals surface area (Å²) in [6, 6.07) is 0. The van der Waals surface area contributed by atoms with Crippen LogP contribution in [0.15, 0.2) is 18.7 Å². The minimum Gasteiger partial charge on any atom is -0.348 e. The molecular weight excluding hydrogens is 344 g/mol. The van der Waals surface area contributed by atoms with Crippen LogP contribution < -0.4 is 0 Å². The highest BCUT2D eigenvalue weighted by Crippen LogP contribution is 2.45. The van der Waals surface area contributed by atoms with E-state index >= 15 is 0 Å². The zero-order valence-electron chi connectivity index (χ0n) is 15.5. The number of aryl methyl sites for hydroxylation is 1. The molecule has 0 radical (unpaired) electrons. The Bertz CT molecular complexity index is 888. The molecule has 3 aliphatic rings. The molecule has 1 saturated carbocycles. The molecule has 8 heteroatoms. The number of aromatic nitrogens is 4. The number of rotatable bonds is 2. The Balaban J connectivity index is 1.41. The van der Waals surface area contributed by atoms with Crippen LogP contribution >= 0.6 is 0 Å². The number of hydrogen-bond donors (Lipinski definition) is 1. The molecule has 142 valence electrons. The molecule has 1 spiro atoms. The molecule has 2 aromatic rings. The number of nitrogens with one attached hydrogen (secondary N) is 1. The number of carbonyl (C=O) groups excluding carboxylic acids is 2. The summed E-state index contributed by atoms with van der Waals surface area (Å²) in [7, 11) is 1.81. The quantitative estimate of drug-likeness (QED) is 0.859. The molecule has 0 atom stereocenters. The summed E-state index contributed by atoms with van der Waals surface area (Å²) in [5, 5.41) is 4.10. The lowest BCUT2D eigenvalue weighted by molar-refractivity contribution is -0.143. The minimum atomic E-state index is -0.376. The van der Waals surface area contributed by atoms with E-state index in [0.717, 1.165) is 50.0 Å². The lowest BCUT2D eigenvalue weighted by atomic mass is 9.78. The maximum Gasteiger partial charge on any atom is 0.257 e. The molecule has 0 bridgehead atoms. The first-order valence-corrected chi connectivity index (χ1v) is 9.71. The van der Waals surface area contributed by atoms with E-state index in [1.165, 1.54) is 0 Å². The van der Waals surface area contributed by atoms with E-state index in [1.807, 2.05) is 11.9 Å². The van der Waals surface area contributed by atoms with E-state index in [0.29, 0.717) is 18.7 Å². The predicted molar refractivity (Wildman–Crippen MR) is 96.8 cm³/mol. The van der Waals surface area contributed by atoms with Crippen LogP contribution in [0.2, 0.25) is 0 Å². The fourth-order valence-electron chi connectivity index (χ4n) is 4.65. The van der Waals surface area contributed by atoms with Gasteiger partial charge in [0.1, 0.15) is 0 Å². The normalized spacial score (nSPS) is 21.4. The van der Waals surface area contributed by atoms with Gasteiger partial charge in [-0.3, -0.25) is 14.3 Å². The van der Waals surface area contributed by atoms with Crippen molar-refractivity contribution in [2.75, 3.05) is 19.6 Å². The Morgan fingerprint density at radius 2 is 2.00 bits per heavy atom. The molecule has 1 N–H and O–H groups in total. The molecule has 2 fully saturated rings. The van der Waals surface area contributed by atoms with E-state index in [1.54, 1.807) is 23.4 Å². The maximum atomic E-state index is 13.0. The van der Waals surface area contributed by atoms with Crippen LogP contribution in [0.4, 0.5) is 0 Å². The Hall–Kier alpha value is -2.64. The van der Waals surface area contributed by atoms with E-state index in [-0.39, 0.29) is 23.3 Å². The van der Waals surface area contributed by atoms with Crippen LogP contribution in [0, 0.1) is 5.92 Å².